The molecule has 0 saturated carbocycles. The highest BCUT2D eigenvalue weighted by molar-refractivity contribution is 7.91. The topological polar surface area (TPSA) is 46.2 Å². The van der Waals surface area contributed by atoms with Crippen LogP contribution in [-0.4, -0.2) is 27.3 Å². The van der Waals surface area contributed by atoms with Crippen LogP contribution >= 0.6 is 0 Å². The van der Waals surface area contributed by atoms with Crippen molar-refractivity contribution in [1.29, 1.82) is 0 Å². The van der Waals surface area contributed by atoms with Crippen LogP contribution in [0.15, 0.2) is 29.2 Å². The monoisotopic (exact) mass is 251 g/mol. The van der Waals surface area contributed by atoms with Crippen molar-refractivity contribution in [1.82, 2.24) is 5.32 Å². The summed E-state index contributed by atoms with van der Waals surface area (Å²) in [5, 5.41) is 3.42. The highest BCUT2D eigenvalue weighted by Gasteiger charge is 2.42. The Morgan fingerprint density at radius 3 is 2.76 bits per heavy atom. The molecule has 4 heteroatoms. The summed E-state index contributed by atoms with van der Waals surface area (Å²) in [6, 6.07) is 7.54. The Balaban J connectivity index is 2.17. The van der Waals surface area contributed by atoms with Gasteiger partial charge in [0.25, 0.3) is 0 Å². The molecule has 92 valence electrons. The van der Waals surface area contributed by atoms with Crippen molar-refractivity contribution in [3.63, 3.8) is 0 Å². The van der Waals surface area contributed by atoms with Gasteiger partial charge in [-0.05, 0) is 37.4 Å². The Morgan fingerprint density at radius 2 is 2.00 bits per heavy atom. The highest BCUT2D eigenvalue weighted by atomic mass is 32.2. The van der Waals surface area contributed by atoms with Crippen LogP contribution in [0.1, 0.15) is 24.8 Å². The Hall–Kier alpha value is -0.870. The van der Waals surface area contributed by atoms with Crippen molar-refractivity contribution in [3.05, 3.63) is 29.8 Å². The highest BCUT2D eigenvalue weighted by Crippen LogP contribution is 2.42. The lowest BCUT2D eigenvalue weighted by molar-refractivity contribution is 0.293. The van der Waals surface area contributed by atoms with Crippen molar-refractivity contribution in [2.45, 2.75) is 29.6 Å². The zero-order chi connectivity index (χ0) is 11.9. The van der Waals surface area contributed by atoms with E-state index in [9.17, 15) is 8.42 Å². The van der Waals surface area contributed by atoms with Crippen molar-refractivity contribution in [3.8, 4) is 0 Å². The minimum absolute atomic E-state index is 0.0557. The van der Waals surface area contributed by atoms with Crippen LogP contribution < -0.4 is 5.32 Å². The summed E-state index contributed by atoms with van der Waals surface area (Å²) >= 11 is 0. The van der Waals surface area contributed by atoms with Gasteiger partial charge in [-0.25, -0.2) is 8.42 Å². The van der Waals surface area contributed by atoms with E-state index >= 15 is 0 Å². The molecule has 0 aliphatic carbocycles. The van der Waals surface area contributed by atoms with Crippen molar-refractivity contribution >= 4 is 9.84 Å². The Labute approximate surface area is 102 Å². The summed E-state index contributed by atoms with van der Waals surface area (Å²) in [5.41, 5.74) is 1.10. The smallest absolute Gasteiger partial charge is 0.178 e. The lowest BCUT2D eigenvalue weighted by atomic mass is 9.72. The average molecular weight is 251 g/mol. The molecule has 17 heavy (non-hydrogen) atoms. The van der Waals surface area contributed by atoms with E-state index in [1.807, 2.05) is 18.2 Å². The molecule has 1 saturated heterocycles. The van der Waals surface area contributed by atoms with E-state index in [1.54, 1.807) is 6.07 Å². The molecule has 1 aromatic rings. The molecule has 2 aliphatic heterocycles. The lowest BCUT2D eigenvalue weighted by Gasteiger charge is -2.42. The van der Waals surface area contributed by atoms with E-state index in [4.69, 9.17) is 0 Å². The van der Waals surface area contributed by atoms with Gasteiger partial charge in [-0.1, -0.05) is 18.2 Å². The van der Waals surface area contributed by atoms with Crippen molar-refractivity contribution < 1.29 is 8.42 Å². The molecule has 1 N–H and O–H groups in total. The summed E-state index contributed by atoms with van der Waals surface area (Å²) in [4.78, 5) is 0.565. The first kappa shape index (κ1) is 11.2. The predicted molar refractivity (Wildman–Crippen MR) is 66.9 cm³/mol. The molecule has 0 aromatic heterocycles. The van der Waals surface area contributed by atoms with Crippen LogP contribution in [0.3, 0.4) is 0 Å². The maximum Gasteiger partial charge on any atom is 0.178 e. The first-order chi connectivity index (χ1) is 8.14. The third-order valence-electron chi connectivity index (χ3n) is 4.12. The predicted octanol–water partition coefficient (Wildman–Crippen LogP) is 1.49. The van der Waals surface area contributed by atoms with E-state index in [0.29, 0.717) is 10.6 Å². The SMILES string of the molecule is O=S1(=O)CCC2(CCCNC2)c2ccccc21. The van der Waals surface area contributed by atoms with E-state index < -0.39 is 9.84 Å². The minimum Gasteiger partial charge on any atom is -0.316 e. The number of piperidine rings is 1. The van der Waals surface area contributed by atoms with Gasteiger partial charge in [0.15, 0.2) is 9.84 Å². The first-order valence-electron chi connectivity index (χ1n) is 6.17. The van der Waals surface area contributed by atoms with Gasteiger partial charge in [0.1, 0.15) is 0 Å². The molecule has 3 nitrogen and oxygen atoms in total. The molecular formula is C13H17NO2S. The van der Waals surface area contributed by atoms with Crippen LogP contribution in [0, 0.1) is 0 Å². The minimum atomic E-state index is -3.05. The summed E-state index contributed by atoms with van der Waals surface area (Å²) in [6.07, 6.45) is 3.00. The molecule has 0 amide bonds. The molecule has 1 aromatic carbocycles. The van der Waals surface area contributed by atoms with Gasteiger partial charge in [0.2, 0.25) is 0 Å². The standard InChI is InChI=1S/C13H17NO2S/c15-17(16)9-7-13(6-3-8-14-10-13)11-4-1-2-5-12(11)17/h1-2,4-5,14H,3,6-10H2. The fraction of sp³-hybridized carbons (Fsp3) is 0.538. The quantitative estimate of drug-likeness (QED) is 0.760. The average Bonchev–Trinajstić information content (AvgIpc) is 2.37. The van der Waals surface area contributed by atoms with Crippen molar-refractivity contribution in [2.24, 2.45) is 0 Å². The molecule has 2 aliphatic rings. The summed E-state index contributed by atoms with van der Waals surface area (Å²) < 4.78 is 24.2. The van der Waals surface area contributed by atoms with E-state index in [1.165, 1.54) is 0 Å². The number of fused-ring (bicyclic) bond motifs is 2. The van der Waals surface area contributed by atoms with Gasteiger partial charge in [-0.15, -0.1) is 0 Å². The zero-order valence-corrected chi connectivity index (χ0v) is 10.6. The van der Waals surface area contributed by atoms with Gasteiger partial charge in [0, 0.05) is 12.0 Å². The second kappa shape index (κ2) is 3.82. The van der Waals surface area contributed by atoms with Gasteiger partial charge in [0.05, 0.1) is 10.6 Å². The fourth-order valence-electron chi connectivity index (χ4n) is 3.16. The molecule has 3 rings (SSSR count). The largest absolute Gasteiger partial charge is 0.316 e. The van der Waals surface area contributed by atoms with Crippen LogP contribution in [-0.2, 0) is 15.3 Å². The lowest BCUT2D eigenvalue weighted by Crippen LogP contribution is -2.47. The third-order valence-corrected chi connectivity index (χ3v) is 5.88. The summed E-state index contributed by atoms with van der Waals surface area (Å²) in [7, 11) is -3.05. The molecule has 0 radical (unpaired) electrons. The normalized spacial score (nSPS) is 31.1. The Morgan fingerprint density at radius 1 is 1.18 bits per heavy atom. The van der Waals surface area contributed by atoms with Crippen LogP contribution in [0.2, 0.25) is 0 Å². The number of nitrogens with one attached hydrogen (secondary N) is 1. The number of benzene rings is 1. The van der Waals surface area contributed by atoms with Gasteiger partial charge < -0.3 is 5.32 Å². The zero-order valence-electron chi connectivity index (χ0n) is 9.78. The number of rotatable bonds is 0. The molecule has 1 spiro atoms. The first-order valence-corrected chi connectivity index (χ1v) is 7.82. The number of hydrogen-bond donors (Lipinski definition) is 1. The van der Waals surface area contributed by atoms with E-state index in [0.717, 1.165) is 37.9 Å². The molecule has 2 heterocycles. The van der Waals surface area contributed by atoms with Gasteiger partial charge in [-0.2, -0.15) is 0 Å². The van der Waals surface area contributed by atoms with Crippen LogP contribution in [0.4, 0.5) is 0 Å². The molecule has 1 fully saturated rings. The third kappa shape index (κ3) is 1.70. The summed E-state index contributed by atoms with van der Waals surface area (Å²) in [6.45, 7) is 1.97. The van der Waals surface area contributed by atoms with Gasteiger partial charge in [-0.3, -0.25) is 0 Å². The molecular weight excluding hydrogens is 234 g/mol. The number of hydrogen-bond acceptors (Lipinski definition) is 3. The molecule has 0 bridgehead atoms. The second-order valence-corrected chi connectivity index (χ2v) is 7.20. The fourth-order valence-corrected chi connectivity index (χ4v) is 4.95. The Kier molecular flexibility index (Phi) is 2.52. The van der Waals surface area contributed by atoms with Crippen LogP contribution in [0.5, 0.6) is 0 Å². The van der Waals surface area contributed by atoms with Crippen molar-refractivity contribution in [2.75, 3.05) is 18.8 Å². The van der Waals surface area contributed by atoms with E-state index in [2.05, 4.69) is 5.32 Å². The maximum absolute atomic E-state index is 12.1. The Bertz CT molecular complexity index is 530. The molecule has 1 atom stereocenters. The summed E-state index contributed by atoms with van der Waals surface area (Å²) in [5.74, 6) is 0.297. The second-order valence-electron chi connectivity index (χ2n) is 5.13. The van der Waals surface area contributed by atoms with E-state index in [-0.39, 0.29) is 5.41 Å². The van der Waals surface area contributed by atoms with Gasteiger partial charge >= 0.3 is 0 Å². The van der Waals surface area contributed by atoms with Crippen LogP contribution in [0.25, 0.3) is 0 Å². The molecule has 1 unspecified atom stereocenters. The number of sulfone groups is 1. The maximum atomic E-state index is 12.1.